The number of esters is 4. The van der Waals surface area contributed by atoms with Gasteiger partial charge >= 0.3 is 23.9 Å². The summed E-state index contributed by atoms with van der Waals surface area (Å²) in [5.74, 6) is -0.304. The van der Waals surface area contributed by atoms with Crippen LogP contribution in [-0.4, -0.2) is 23.9 Å². The molecule has 0 aromatic rings. The Balaban J connectivity index is 1.23. The summed E-state index contributed by atoms with van der Waals surface area (Å²) in [5, 5.41) is 0. The van der Waals surface area contributed by atoms with Crippen molar-refractivity contribution in [3.05, 3.63) is 60.8 Å². The highest BCUT2D eigenvalue weighted by molar-refractivity contribution is 6.00. The van der Waals surface area contributed by atoms with Gasteiger partial charge in [-0.15, -0.1) is 0 Å². The molecule has 0 saturated heterocycles. The molecule has 0 aromatic heterocycles. The molecule has 4 rings (SSSR count). The monoisotopic (exact) mass is 492 g/mol. The molecule has 36 heavy (non-hydrogen) atoms. The van der Waals surface area contributed by atoms with Crippen LogP contribution in [0.3, 0.4) is 0 Å². The molecule has 4 aliphatic carbocycles. The highest BCUT2D eigenvalue weighted by Gasteiger charge is 2.36. The van der Waals surface area contributed by atoms with E-state index in [-0.39, 0.29) is 0 Å². The van der Waals surface area contributed by atoms with E-state index in [2.05, 4.69) is 24.3 Å². The molecule has 4 aliphatic rings. The Morgan fingerprint density at radius 2 is 1.03 bits per heavy atom. The molecule has 4 bridgehead atoms. The van der Waals surface area contributed by atoms with Crippen LogP contribution in [0.25, 0.3) is 0 Å². The van der Waals surface area contributed by atoms with Crippen molar-refractivity contribution < 1.29 is 28.7 Å². The molecule has 0 amide bonds. The lowest BCUT2D eigenvalue weighted by atomic mass is 9.87. The predicted octanol–water partition coefficient (Wildman–Crippen LogP) is 5.27. The maximum absolute atomic E-state index is 12.5. The lowest BCUT2D eigenvalue weighted by Crippen LogP contribution is -2.27. The summed E-state index contributed by atoms with van der Waals surface area (Å²) < 4.78 is 9.79. The first-order valence-corrected chi connectivity index (χ1v) is 12.9. The summed E-state index contributed by atoms with van der Waals surface area (Å²) in [5.41, 5.74) is -1.98. The topological polar surface area (TPSA) is 86.7 Å². The SMILES string of the molecule is CC(C)(C=CC1CC2C=CC1C2)C(=O)OC(=O)/C=C\C(=O)OC(=O)C(C)(C)C=CC1CC2C=CC1C2. The first-order chi connectivity index (χ1) is 16.9. The Labute approximate surface area is 213 Å². The molecule has 0 radical (unpaired) electrons. The Morgan fingerprint density at radius 3 is 1.33 bits per heavy atom. The fourth-order valence-corrected chi connectivity index (χ4v) is 5.60. The third-order valence-corrected chi connectivity index (χ3v) is 7.97. The van der Waals surface area contributed by atoms with Crippen LogP contribution >= 0.6 is 0 Å². The minimum atomic E-state index is -0.990. The number of hydrogen-bond donors (Lipinski definition) is 0. The standard InChI is InChI=1S/C30H36O6/c1-29(2,13-11-23-17-19-5-7-21(23)15-19)27(33)35-25(31)9-10-26(32)36-28(34)30(3,4)14-12-24-18-20-6-8-22(24)16-20/h5-14,19-24H,15-18H2,1-4H3/b10-9-,13-11?,14-12?. The summed E-state index contributed by atoms with van der Waals surface area (Å²) in [4.78, 5) is 49.2. The van der Waals surface area contributed by atoms with E-state index >= 15 is 0 Å². The molecule has 6 nitrogen and oxygen atoms in total. The highest BCUT2D eigenvalue weighted by Crippen LogP contribution is 2.45. The van der Waals surface area contributed by atoms with Gasteiger partial charge in [0.25, 0.3) is 0 Å². The van der Waals surface area contributed by atoms with Crippen LogP contribution in [0.4, 0.5) is 0 Å². The molecule has 0 N–H and O–H groups in total. The largest absolute Gasteiger partial charge is 0.389 e. The van der Waals surface area contributed by atoms with Crippen LogP contribution in [0.5, 0.6) is 0 Å². The number of rotatable bonds is 8. The van der Waals surface area contributed by atoms with Gasteiger partial charge in [0, 0.05) is 12.2 Å². The third-order valence-electron chi connectivity index (χ3n) is 7.97. The average Bonchev–Trinajstić information content (AvgIpc) is 3.62. The molecular formula is C30H36O6. The zero-order chi connectivity index (χ0) is 26.1. The molecule has 0 heterocycles. The lowest BCUT2D eigenvalue weighted by Gasteiger charge is -2.20. The number of carbonyl (C=O) groups is 4. The van der Waals surface area contributed by atoms with Crippen molar-refractivity contribution in [2.75, 3.05) is 0 Å². The van der Waals surface area contributed by atoms with Crippen LogP contribution in [0.2, 0.25) is 0 Å². The quantitative estimate of drug-likeness (QED) is 0.199. The van der Waals surface area contributed by atoms with Crippen LogP contribution in [0, 0.1) is 46.3 Å². The third kappa shape index (κ3) is 6.03. The molecule has 6 unspecified atom stereocenters. The van der Waals surface area contributed by atoms with Gasteiger partial charge in [0.2, 0.25) is 0 Å². The normalized spacial score (nSPS) is 30.8. The summed E-state index contributed by atoms with van der Waals surface area (Å²) in [6.45, 7) is 6.73. The summed E-state index contributed by atoms with van der Waals surface area (Å²) in [7, 11) is 0. The van der Waals surface area contributed by atoms with Crippen LogP contribution < -0.4 is 0 Å². The molecule has 0 aromatic carbocycles. The van der Waals surface area contributed by atoms with E-state index in [1.54, 1.807) is 39.8 Å². The highest BCUT2D eigenvalue weighted by atomic mass is 16.6. The second-order valence-electron chi connectivity index (χ2n) is 11.8. The fraction of sp³-hybridized carbons (Fsp3) is 0.533. The molecular weight excluding hydrogens is 456 g/mol. The zero-order valence-corrected chi connectivity index (χ0v) is 21.5. The zero-order valence-electron chi connectivity index (χ0n) is 21.5. The number of carbonyl (C=O) groups excluding carboxylic acids is 4. The van der Waals surface area contributed by atoms with E-state index in [1.807, 2.05) is 12.2 Å². The fourth-order valence-electron chi connectivity index (χ4n) is 5.60. The second-order valence-corrected chi connectivity index (χ2v) is 11.8. The van der Waals surface area contributed by atoms with E-state index in [0.29, 0.717) is 35.5 Å². The Hall–Kier alpha value is -3.02. The minimum absolute atomic E-state index is 0.402. The first kappa shape index (κ1) is 26.1. The van der Waals surface area contributed by atoms with Gasteiger partial charge in [0.1, 0.15) is 0 Å². The van der Waals surface area contributed by atoms with Crippen LogP contribution in [0.15, 0.2) is 60.8 Å². The van der Waals surface area contributed by atoms with Crippen molar-refractivity contribution in [2.45, 2.75) is 53.4 Å². The maximum Gasteiger partial charge on any atom is 0.338 e. The number of hydrogen-bond acceptors (Lipinski definition) is 6. The van der Waals surface area contributed by atoms with Crippen molar-refractivity contribution in [1.82, 2.24) is 0 Å². The summed E-state index contributed by atoms with van der Waals surface area (Å²) in [6, 6.07) is 0. The molecule has 6 atom stereocenters. The van der Waals surface area contributed by atoms with Crippen molar-refractivity contribution in [3.8, 4) is 0 Å². The van der Waals surface area contributed by atoms with Crippen molar-refractivity contribution in [1.29, 1.82) is 0 Å². The van der Waals surface area contributed by atoms with Gasteiger partial charge in [-0.05, 0) is 88.9 Å². The average molecular weight is 493 g/mol. The maximum atomic E-state index is 12.5. The Kier molecular flexibility index (Phi) is 7.35. The minimum Gasteiger partial charge on any atom is -0.389 e. The Morgan fingerprint density at radius 1 is 0.639 bits per heavy atom. The molecule has 2 saturated carbocycles. The van der Waals surface area contributed by atoms with Crippen LogP contribution in [-0.2, 0) is 28.7 Å². The molecule has 6 heteroatoms. The number of ether oxygens (including phenoxy) is 2. The molecule has 192 valence electrons. The molecule has 0 spiro atoms. The molecule has 0 aliphatic heterocycles. The Bertz CT molecular complexity index is 985. The number of fused-ring (bicyclic) bond motifs is 4. The van der Waals surface area contributed by atoms with Gasteiger partial charge in [0.05, 0.1) is 10.8 Å². The van der Waals surface area contributed by atoms with E-state index < -0.39 is 34.7 Å². The van der Waals surface area contributed by atoms with Gasteiger partial charge in [-0.3, -0.25) is 9.59 Å². The predicted molar refractivity (Wildman–Crippen MR) is 135 cm³/mol. The summed E-state index contributed by atoms with van der Waals surface area (Å²) in [6.07, 6.45) is 22.8. The van der Waals surface area contributed by atoms with Crippen molar-refractivity contribution >= 4 is 23.9 Å². The van der Waals surface area contributed by atoms with E-state index in [1.165, 1.54) is 0 Å². The van der Waals surface area contributed by atoms with Gasteiger partial charge in [-0.2, -0.15) is 0 Å². The van der Waals surface area contributed by atoms with E-state index in [0.717, 1.165) is 37.8 Å². The first-order valence-electron chi connectivity index (χ1n) is 12.9. The lowest BCUT2D eigenvalue weighted by molar-refractivity contribution is -0.164. The smallest absolute Gasteiger partial charge is 0.338 e. The van der Waals surface area contributed by atoms with Gasteiger partial charge in [0.15, 0.2) is 0 Å². The number of allylic oxidation sites excluding steroid dienone is 6. The van der Waals surface area contributed by atoms with Crippen molar-refractivity contribution in [3.63, 3.8) is 0 Å². The van der Waals surface area contributed by atoms with E-state index in [4.69, 9.17) is 9.47 Å². The van der Waals surface area contributed by atoms with E-state index in [9.17, 15) is 19.2 Å². The second kappa shape index (κ2) is 10.2. The van der Waals surface area contributed by atoms with Crippen LogP contribution in [0.1, 0.15) is 53.4 Å². The summed E-state index contributed by atoms with van der Waals surface area (Å²) >= 11 is 0. The molecule has 2 fully saturated rings. The van der Waals surface area contributed by atoms with Crippen molar-refractivity contribution in [2.24, 2.45) is 46.3 Å². The van der Waals surface area contributed by atoms with Gasteiger partial charge in [-0.25, -0.2) is 9.59 Å². The van der Waals surface area contributed by atoms with Gasteiger partial charge < -0.3 is 9.47 Å². The van der Waals surface area contributed by atoms with Gasteiger partial charge in [-0.1, -0.05) is 48.6 Å².